The SMILES string of the molecule is CC1(C)[C@@H](CC=O)C[C@@H]2C[C@@]21C. The molecule has 2 rings (SSSR count). The maximum atomic E-state index is 10.5. The third-order valence-corrected chi connectivity index (χ3v) is 4.85. The van der Waals surface area contributed by atoms with Crippen molar-refractivity contribution in [1.29, 1.82) is 0 Å². The summed E-state index contributed by atoms with van der Waals surface area (Å²) in [5.41, 5.74) is 0.971. The molecule has 0 aromatic heterocycles. The summed E-state index contributed by atoms with van der Waals surface area (Å²) >= 11 is 0. The molecule has 0 radical (unpaired) electrons. The highest BCUT2D eigenvalue weighted by Gasteiger charge is 2.66. The first kappa shape index (κ1) is 8.28. The van der Waals surface area contributed by atoms with Crippen molar-refractivity contribution in [3.63, 3.8) is 0 Å². The number of aldehydes is 1. The van der Waals surface area contributed by atoms with Crippen LogP contribution in [0.4, 0.5) is 0 Å². The summed E-state index contributed by atoms with van der Waals surface area (Å²) in [4.78, 5) is 10.5. The molecule has 1 nitrogen and oxygen atoms in total. The van der Waals surface area contributed by atoms with Crippen LogP contribution >= 0.6 is 0 Å². The topological polar surface area (TPSA) is 17.1 Å². The van der Waals surface area contributed by atoms with Gasteiger partial charge >= 0.3 is 0 Å². The van der Waals surface area contributed by atoms with E-state index in [-0.39, 0.29) is 0 Å². The summed E-state index contributed by atoms with van der Waals surface area (Å²) in [6.45, 7) is 7.07. The van der Waals surface area contributed by atoms with E-state index in [1.54, 1.807) is 0 Å². The van der Waals surface area contributed by atoms with Crippen LogP contribution < -0.4 is 0 Å². The molecule has 0 saturated heterocycles. The van der Waals surface area contributed by atoms with Crippen LogP contribution in [0.1, 0.15) is 40.0 Å². The molecule has 0 unspecified atom stereocenters. The lowest BCUT2D eigenvalue weighted by molar-refractivity contribution is -0.109. The zero-order valence-electron chi connectivity index (χ0n) is 8.26. The van der Waals surface area contributed by atoms with Crippen LogP contribution in [0, 0.1) is 22.7 Å². The Morgan fingerprint density at radius 3 is 2.50 bits per heavy atom. The number of fused-ring (bicyclic) bond motifs is 1. The molecule has 3 atom stereocenters. The van der Waals surface area contributed by atoms with Crippen molar-refractivity contribution < 1.29 is 4.79 Å². The van der Waals surface area contributed by atoms with Gasteiger partial charge in [0.05, 0.1) is 0 Å². The minimum Gasteiger partial charge on any atom is -0.303 e. The molecule has 0 aliphatic heterocycles. The highest BCUT2D eigenvalue weighted by Crippen LogP contribution is 2.74. The molecule has 0 N–H and O–H groups in total. The van der Waals surface area contributed by atoms with Crippen LogP contribution in [0.15, 0.2) is 0 Å². The van der Waals surface area contributed by atoms with Crippen LogP contribution in [0.2, 0.25) is 0 Å². The fourth-order valence-corrected chi connectivity index (χ4v) is 3.20. The van der Waals surface area contributed by atoms with Crippen LogP contribution in [0.3, 0.4) is 0 Å². The average Bonchev–Trinajstić information content (AvgIpc) is 2.58. The third kappa shape index (κ3) is 0.773. The molecule has 2 aliphatic rings. The van der Waals surface area contributed by atoms with Gasteiger partial charge in [-0.1, -0.05) is 20.8 Å². The van der Waals surface area contributed by atoms with Crippen LogP contribution in [0.25, 0.3) is 0 Å². The van der Waals surface area contributed by atoms with Gasteiger partial charge in [0.1, 0.15) is 6.29 Å². The highest BCUT2D eigenvalue weighted by atomic mass is 16.1. The molecule has 68 valence electrons. The van der Waals surface area contributed by atoms with Gasteiger partial charge in [0.25, 0.3) is 0 Å². The molecule has 2 saturated carbocycles. The zero-order chi connectivity index (χ0) is 8.98. The van der Waals surface area contributed by atoms with Gasteiger partial charge in [0.15, 0.2) is 0 Å². The molecule has 2 fully saturated rings. The fourth-order valence-electron chi connectivity index (χ4n) is 3.20. The summed E-state index contributed by atoms with van der Waals surface area (Å²) in [6.07, 6.45) is 4.57. The molecule has 0 bridgehead atoms. The minimum absolute atomic E-state index is 0.401. The van der Waals surface area contributed by atoms with Gasteiger partial charge in [-0.3, -0.25) is 0 Å². The quantitative estimate of drug-likeness (QED) is 0.576. The van der Waals surface area contributed by atoms with E-state index in [0.717, 1.165) is 18.6 Å². The first-order chi connectivity index (χ1) is 5.52. The Kier molecular flexibility index (Phi) is 1.47. The number of hydrogen-bond donors (Lipinski definition) is 0. The Bertz CT molecular complexity index is 219. The second kappa shape index (κ2) is 2.12. The van der Waals surface area contributed by atoms with Crippen molar-refractivity contribution in [2.45, 2.75) is 40.0 Å². The van der Waals surface area contributed by atoms with Crippen LogP contribution in [-0.2, 0) is 4.79 Å². The monoisotopic (exact) mass is 166 g/mol. The molecule has 1 heteroatoms. The van der Waals surface area contributed by atoms with E-state index in [4.69, 9.17) is 0 Å². The number of rotatable bonds is 2. The first-order valence-corrected chi connectivity index (χ1v) is 4.96. The third-order valence-electron chi connectivity index (χ3n) is 4.85. The van der Waals surface area contributed by atoms with Crippen molar-refractivity contribution in [1.82, 2.24) is 0 Å². The smallest absolute Gasteiger partial charge is 0.120 e. The van der Waals surface area contributed by atoms with Gasteiger partial charge in [-0.05, 0) is 35.5 Å². The molecule has 2 aliphatic carbocycles. The van der Waals surface area contributed by atoms with Crippen molar-refractivity contribution >= 4 is 6.29 Å². The maximum Gasteiger partial charge on any atom is 0.120 e. The molecule has 0 amide bonds. The van der Waals surface area contributed by atoms with E-state index in [1.165, 1.54) is 12.8 Å². The standard InChI is InChI=1S/C11H18O/c1-10(2)8(4-5-12)6-9-7-11(9,10)3/h5,8-9H,4,6-7H2,1-3H3/t8-,9+,11-/m0/s1. The van der Waals surface area contributed by atoms with E-state index in [0.29, 0.717) is 16.7 Å². The van der Waals surface area contributed by atoms with Gasteiger partial charge in [0.2, 0.25) is 0 Å². The Labute approximate surface area is 74.5 Å². The molecular formula is C11H18O. The van der Waals surface area contributed by atoms with Gasteiger partial charge in [-0.25, -0.2) is 0 Å². The van der Waals surface area contributed by atoms with Gasteiger partial charge in [-0.15, -0.1) is 0 Å². The summed E-state index contributed by atoms with van der Waals surface area (Å²) in [6, 6.07) is 0. The number of hydrogen-bond acceptors (Lipinski definition) is 1. The average molecular weight is 166 g/mol. The lowest BCUT2D eigenvalue weighted by Crippen LogP contribution is -2.28. The second-order valence-electron chi connectivity index (χ2n) is 5.38. The predicted molar refractivity (Wildman–Crippen MR) is 48.8 cm³/mol. The Morgan fingerprint density at radius 1 is 1.42 bits per heavy atom. The molecule has 0 aromatic carbocycles. The van der Waals surface area contributed by atoms with E-state index >= 15 is 0 Å². The number of carbonyl (C=O) groups excluding carboxylic acids is 1. The maximum absolute atomic E-state index is 10.5. The van der Waals surface area contributed by atoms with Crippen LogP contribution in [0.5, 0.6) is 0 Å². The van der Waals surface area contributed by atoms with Gasteiger partial charge < -0.3 is 4.79 Å². The largest absolute Gasteiger partial charge is 0.303 e. The second-order valence-corrected chi connectivity index (χ2v) is 5.38. The highest BCUT2D eigenvalue weighted by molar-refractivity contribution is 5.50. The lowest BCUT2D eigenvalue weighted by atomic mass is 9.70. The van der Waals surface area contributed by atoms with E-state index < -0.39 is 0 Å². The van der Waals surface area contributed by atoms with Gasteiger partial charge in [-0.2, -0.15) is 0 Å². The Balaban J connectivity index is 2.17. The van der Waals surface area contributed by atoms with E-state index in [1.807, 2.05) is 0 Å². The molecule has 0 heterocycles. The van der Waals surface area contributed by atoms with Crippen molar-refractivity contribution in [2.75, 3.05) is 0 Å². The normalized spacial score (nSPS) is 48.6. The lowest BCUT2D eigenvalue weighted by Gasteiger charge is -2.34. The summed E-state index contributed by atoms with van der Waals surface area (Å²) < 4.78 is 0. The van der Waals surface area contributed by atoms with E-state index in [9.17, 15) is 4.79 Å². The minimum atomic E-state index is 0.401. The Morgan fingerprint density at radius 2 is 2.08 bits per heavy atom. The first-order valence-electron chi connectivity index (χ1n) is 4.96. The zero-order valence-corrected chi connectivity index (χ0v) is 8.26. The fraction of sp³-hybridized carbons (Fsp3) is 0.909. The Hall–Kier alpha value is -0.330. The molecule has 0 aromatic rings. The number of carbonyl (C=O) groups is 1. The van der Waals surface area contributed by atoms with Gasteiger partial charge in [0, 0.05) is 6.42 Å². The van der Waals surface area contributed by atoms with Crippen LogP contribution in [-0.4, -0.2) is 6.29 Å². The van der Waals surface area contributed by atoms with E-state index in [2.05, 4.69) is 20.8 Å². The van der Waals surface area contributed by atoms with Crippen molar-refractivity contribution in [3.8, 4) is 0 Å². The summed E-state index contributed by atoms with van der Waals surface area (Å²) in [7, 11) is 0. The van der Waals surface area contributed by atoms with Crippen molar-refractivity contribution in [3.05, 3.63) is 0 Å². The predicted octanol–water partition coefficient (Wildman–Crippen LogP) is 2.65. The summed E-state index contributed by atoms with van der Waals surface area (Å²) in [5.74, 6) is 1.58. The molecule has 0 spiro atoms. The molecule has 12 heavy (non-hydrogen) atoms. The van der Waals surface area contributed by atoms with Crippen molar-refractivity contribution in [2.24, 2.45) is 22.7 Å². The summed E-state index contributed by atoms with van der Waals surface area (Å²) in [5, 5.41) is 0. The molecular weight excluding hydrogens is 148 g/mol.